The molecule has 2 rings (SSSR count). The van der Waals surface area contributed by atoms with E-state index < -0.39 is 0 Å². The maximum Gasteiger partial charge on any atom is 0.276 e. The van der Waals surface area contributed by atoms with Crippen molar-refractivity contribution in [2.24, 2.45) is 0 Å². The van der Waals surface area contributed by atoms with Crippen molar-refractivity contribution in [3.05, 3.63) is 47.7 Å². The normalized spacial score (nSPS) is 10.2. The van der Waals surface area contributed by atoms with Crippen LogP contribution < -0.4 is 10.6 Å². The van der Waals surface area contributed by atoms with Crippen LogP contribution in [0.1, 0.15) is 16.1 Å². The van der Waals surface area contributed by atoms with Crippen LogP contribution in [0.15, 0.2) is 36.4 Å². The molecule has 2 aromatic rings. The van der Waals surface area contributed by atoms with E-state index in [1.807, 2.05) is 24.3 Å². The molecular formula is C15H18N4O2. The minimum atomic E-state index is -0.282. The second-order valence-corrected chi connectivity index (χ2v) is 4.41. The second-order valence-electron chi connectivity index (χ2n) is 4.41. The average molecular weight is 286 g/mol. The molecule has 110 valence electrons. The Labute approximate surface area is 123 Å². The average Bonchev–Trinajstić information content (AvgIpc) is 2.54. The van der Waals surface area contributed by atoms with Crippen LogP contribution in [0.2, 0.25) is 0 Å². The molecule has 0 saturated carbocycles. The number of hydrogen-bond donors (Lipinski definition) is 2. The third-order valence-electron chi connectivity index (χ3n) is 2.99. The van der Waals surface area contributed by atoms with E-state index in [0.717, 1.165) is 17.7 Å². The lowest BCUT2D eigenvalue weighted by atomic mass is 10.1. The molecule has 6 nitrogen and oxygen atoms in total. The number of para-hydroxylation sites is 1. The number of carbonyl (C=O) groups is 1. The van der Waals surface area contributed by atoms with E-state index in [4.69, 9.17) is 4.74 Å². The Kier molecular flexibility index (Phi) is 5.22. The third kappa shape index (κ3) is 4.00. The highest BCUT2D eigenvalue weighted by molar-refractivity contribution is 6.03. The van der Waals surface area contributed by atoms with Crippen LogP contribution in [0.3, 0.4) is 0 Å². The van der Waals surface area contributed by atoms with Crippen LogP contribution in [0, 0.1) is 0 Å². The van der Waals surface area contributed by atoms with Crippen LogP contribution in [0.4, 0.5) is 11.5 Å². The molecule has 6 heteroatoms. The zero-order valence-electron chi connectivity index (χ0n) is 12.1. The quantitative estimate of drug-likeness (QED) is 0.849. The molecule has 0 atom stereocenters. The van der Waals surface area contributed by atoms with Gasteiger partial charge in [0.15, 0.2) is 5.69 Å². The molecule has 0 aliphatic heterocycles. The van der Waals surface area contributed by atoms with Crippen LogP contribution >= 0.6 is 0 Å². The molecule has 0 unspecified atom stereocenters. The van der Waals surface area contributed by atoms with Crippen LogP contribution in [-0.4, -0.2) is 36.9 Å². The predicted octanol–water partition coefficient (Wildman–Crippen LogP) is 1.96. The summed E-state index contributed by atoms with van der Waals surface area (Å²) in [7, 11) is 3.40. The van der Waals surface area contributed by atoms with Crippen molar-refractivity contribution in [3.63, 3.8) is 0 Å². The molecule has 0 aliphatic rings. The SMILES string of the molecule is CNc1ccc(C(=O)Nc2ccccc2CCOC)nn1. The molecule has 1 heterocycles. The Hall–Kier alpha value is -2.47. The van der Waals surface area contributed by atoms with Gasteiger partial charge in [0.05, 0.1) is 6.61 Å². The summed E-state index contributed by atoms with van der Waals surface area (Å²) < 4.78 is 5.07. The molecule has 2 N–H and O–H groups in total. The first-order valence-corrected chi connectivity index (χ1v) is 6.64. The van der Waals surface area contributed by atoms with Crippen molar-refractivity contribution < 1.29 is 9.53 Å². The molecule has 0 radical (unpaired) electrons. The van der Waals surface area contributed by atoms with Crippen LogP contribution in [-0.2, 0) is 11.2 Å². The lowest BCUT2D eigenvalue weighted by molar-refractivity contribution is 0.102. The molecule has 21 heavy (non-hydrogen) atoms. The second kappa shape index (κ2) is 7.35. The monoisotopic (exact) mass is 286 g/mol. The van der Waals surface area contributed by atoms with E-state index in [1.165, 1.54) is 0 Å². The number of hydrogen-bond acceptors (Lipinski definition) is 5. The van der Waals surface area contributed by atoms with Crippen molar-refractivity contribution in [1.29, 1.82) is 0 Å². The smallest absolute Gasteiger partial charge is 0.276 e. The van der Waals surface area contributed by atoms with E-state index in [2.05, 4.69) is 20.8 Å². The molecule has 0 saturated heterocycles. The first-order chi connectivity index (χ1) is 10.2. The molecule has 0 spiro atoms. The van der Waals surface area contributed by atoms with Gasteiger partial charge < -0.3 is 15.4 Å². The standard InChI is InChI=1S/C15H18N4O2/c1-16-14-8-7-13(18-19-14)15(20)17-12-6-4-3-5-11(12)9-10-21-2/h3-8H,9-10H2,1-2H3,(H,16,19)(H,17,20). The zero-order valence-corrected chi connectivity index (χ0v) is 12.1. The molecule has 0 bridgehead atoms. The molecule has 1 amide bonds. The van der Waals surface area contributed by atoms with E-state index in [1.54, 1.807) is 26.3 Å². The summed E-state index contributed by atoms with van der Waals surface area (Å²) in [5, 5.41) is 13.5. The number of carbonyl (C=O) groups excluding carboxylic acids is 1. The summed E-state index contributed by atoms with van der Waals surface area (Å²) in [4.78, 5) is 12.2. The molecule has 1 aromatic heterocycles. The molecular weight excluding hydrogens is 268 g/mol. The Morgan fingerprint density at radius 3 is 2.67 bits per heavy atom. The highest BCUT2D eigenvalue weighted by Crippen LogP contribution is 2.16. The summed E-state index contributed by atoms with van der Waals surface area (Å²) in [6.45, 7) is 0.601. The highest BCUT2D eigenvalue weighted by Gasteiger charge is 2.10. The number of nitrogens with one attached hydrogen (secondary N) is 2. The minimum absolute atomic E-state index is 0.274. The van der Waals surface area contributed by atoms with E-state index in [-0.39, 0.29) is 11.6 Å². The third-order valence-corrected chi connectivity index (χ3v) is 2.99. The van der Waals surface area contributed by atoms with Crippen molar-refractivity contribution >= 4 is 17.4 Å². The first-order valence-electron chi connectivity index (χ1n) is 6.64. The Morgan fingerprint density at radius 1 is 1.19 bits per heavy atom. The zero-order chi connectivity index (χ0) is 15.1. The highest BCUT2D eigenvalue weighted by atomic mass is 16.5. The van der Waals surface area contributed by atoms with Gasteiger partial charge in [0.2, 0.25) is 0 Å². The fourth-order valence-corrected chi connectivity index (χ4v) is 1.85. The van der Waals surface area contributed by atoms with Gasteiger partial charge in [0.25, 0.3) is 5.91 Å². The predicted molar refractivity (Wildman–Crippen MR) is 81.6 cm³/mol. The maximum absolute atomic E-state index is 12.2. The minimum Gasteiger partial charge on any atom is -0.384 e. The van der Waals surface area contributed by atoms with Gasteiger partial charge in [-0.05, 0) is 30.2 Å². The van der Waals surface area contributed by atoms with Gasteiger partial charge in [-0.15, -0.1) is 10.2 Å². The van der Waals surface area contributed by atoms with Crippen molar-refractivity contribution in [2.75, 3.05) is 31.4 Å². The van der Waals surface area contributed by atoms with Gasteiger partial charge in [-0.2, -0.15) is 0 Å². The number of anilines is 2. The summed E-state index contributed by atoms with van der Waals surface area (Å²) in [6, 6.07) is 11.0. The van der Waals surface area contributed by atoms with Crippen molar-refractivity contribution in [3.8, 4) is 0 Å². The first kappa shape index (κ1) is 14.9. The van der Waals surface area contributed by atoms with Crippen LogP contribution in [0.5, 0.6) is 0 Å². The number of aromatic nitrogens is 2. The van der Waals surface area contributed by atoms with Gasteiger partial charge >= 0.3 is 0 Å². The molecule has 1 aromatic carbocycles. The lowest BCUT2D eigenvalue weighted by Crippen LogP contribution is -2.16. The molecule has 0 aliphatic carbocycles. The summed E-state index contributed by atoms with van der Waals surface area (Å²) in [5.74, 6) is 0.335. The van der Waals surface area contributed by atoms with Gasteiger partial charge in [-0.3, -0.25) is 4.79 Å². The van der Waals surface area contributed by atoms with E-state index in [0.29, 0.717) is 12.4 Å². The summed E-state index contributed by atoms with van der Waals surface area (Å²) in [6.07, 6.45) is 0.733. The van der Waals surface area contributed by atoms with E-state index >= 15 is 0 Å². The van der Waals surface area contributed by atoms with Gasteiger partial charge in [0.1, 0.15) is 5.82 Å². The summed E-state index contributed by atoms with van der Waals surface area (Å²) >= 11 is 0. The Bertz CT molecular complexity index is 599. The fourth-order valence-electron chi connectivity index (χ4n) is 1.85. The number of rotatable bonds is 6. The van der Waals surface area contributed by atoms with Gasteiger partial charge in [0, 0.05) is 19.8 Å². The molecule has 0 fully saturated rings. The number of ether oxygens (including phenoxy) is 1. The lowest BCUT2D eigenvalue weighted by Gasteiger charge is -2.10. The van der Waals surface area contributed by atoms with Gasteiger partial charge in [-0.25, -0.2) is 0 Å². The van der Waals surface area contributed by atoms with E-state index in [9.17, 15) is 4.79 Å². The Balaban J connectivity index is 2.11. The number of nitrogens with zero attached hydrogens (tertiary/aromatic N) is 2. The maximum atomic E-state index is 12.2. The topological polar surface area (TPSA) is 76.1 Å². The number of benzene rings is 1. The van der Waals surface area contributed by atoms with Crippen molar-refractivity contribution in [1.82, 2.24) is 10.2 Å². The number of amides is 1. The van der Waals surface area contributed by atoms with Crippen LogP contribution in [0.25, 0.3) is 0 Å². The summed E-state index contributed by atoms with van der Waals surface area (Å²) in [5.41, 5.74) is 2.06. The van der Waals surface area contributed by atoms with Gasteiger partial charge in [-0.1, -0.05) is 18.2 Å². The fraction of sp³-hybridized carbons (Fsp3) is 0.267. The number of methoxy groups -OCH3 is 1. The Morgan fingerprint density at radius 2 is 2.00 bits per heavy atom. The van der Waals surface area contributed by atoms with Crippen molar-refractivity contribution in [2.45, 2.75) is 6.42 Å². The largest absolute Gasteiger partial charge is 0.384 e.